The van der Waals surface area contributed by atoms with E-state index in [0.29, 0.717) is 5.82 Å². The molecule has 1 unspecified atom stereocenters. The van der Waals surface area contributed by atoms with E-state index in [2.05, 4.69) is 41.5 Å². The zero-order valence-electron chi connectivity index (χ0n) is 11.7. The van der Waals surface area contributed by atoms with E-state index in [1.54, 1.807) is 0 Å². The molecule has 1 atom stereocenters. The highest BCUT2D eigenvalue weighted by Crippen LogP contribution is 2.40. The van der Waals surface area contributed by atoms with Crippen molar-refractivity contribution in [3.8, 4) is 0 Å². The Bertz CT molecular complexity index is 174. The van der Waals surface area contributed by atoms with E-state index in [-0.39, 0.29) is 18.3 Å². The predicted molar refractivity (Wildman–Crippen MR) is 67.1 cm³/mol. The van der Waals surface area contributed by atoms with Crippen LogP contribution in [0.15, 0.2) is 0 Å². The average Bonchev–Trinajstić information content (AvgIpc) is 2.38. The van der Waals surface area contributed by atoms with E-state index in [4.69, 9.17) is 9.31 Å². The van der Waals surface area contributed by atoms with Crippen LogP contribution in [0.4, 0.5) is 0 Å². The summed E-state index contributed by atoms with van der Waals surface area (Å²) in [5.41, 5.74) is -0.359. The molecule has 0 N–H and O–H groups in total. The van der Waals surface area contributed by atoms with Crippen molar-refractivity contribution in [2.75, 3.05) is 0 Å². The normalized spacial score (nSPS) is 24.4. The minimum absolute atomic E-state index is 0.0324. The molecule has 0 radical (unpaired) electrons. The molecule has 0 aromatic rings. The van der Waals surface area contributed by atoms with E-state index in [0.717, 1.165) is 6.42 Å². The topological polar surface area (TPSA) is 18.5 Å². The van der Waals surface area contributed by atoms with Gasteiger partial charge in [0.05, 0.1) is 11.2 Å². The number of hydrogen-bond acceptors (Lipinski definition) is 2. The minimum Gasteiger partial charge on any atom is -0.403 e. The molecule has 0 aromatic carbocycles. The predicted octanol–water partition coefficient (Wildman–Crippen LogP) is 3.90. The highest BCUT2D eigenvalue weighted by molar-refractivity contribution is 6.47. The lowest BCUT2D eigenvalue weighted by atomic mass is 9.72. The largest absolute Gasteiger partial charge is 0.460 e. The quantitative estimate of drug-likeness (QED) is 0.649. The Morgan fingerprint density at radius 1 is 1.00 bits per heavy atom. The molecule has 1 aliphatic rings. The van der Waals surface area contributed by atoms with Crippen LogP contribution in [0, 0.1) is 0 Å². The Hall–Kier alpha value is -0.0151. The first-order valence-electron chi connectivity index (χ1n) is 6.16. The van der Waals surface area contributed by atoms with E-state index < -0.39 is 0 Å². The fourth-order valence-electron chi connectivity index (χ4n) is 1.31. The Balaban J connectivity index is 0.000000921. The van der Waals surface area contributed by atoms with Gasteiger partial charge in [0, 0.05) is 0 Å². The van der Waals surface area contributed by atoms with Gasteiger partial charge in [-0.2, -0.15) is 0 Å². The summed E-state index contributed by atoms with van der Waals surface area (Å²) in [7, 11) is -0.0324. The van der Waals surface area contributed by atoms with Crippen molar-refractivity contribution >= 4 is 7.12 Å². The van der Waals surface area contributed by atoms with Crippen molar-refractivity contribution in [1.82, 2.24) is 0 Å². The lowest BCUT2D eigenvalue weighted by Gasteiger charge is -2.32. The maximum atomic E-state index is 5.89. The van der Waals surface area contributed by atoms with Gasteiger partial charge in [-0.05, 0) is 33.5 Å². The molecule has 1 heterocycles. The molecule has 1 fully saturated rings. The zero-order valence-corrected chi connectivity index (χ0v) is 11.7. The van der Waals surface area contributed by atoms with Gasteiger partial charge in [-0.15, -0.1) is 0 Å². The van der Waals surface area contributed by atoms with Gasteiger partial charge in [-0.3, -0.25) is 0 Å². The highest BCUT2D eigenvalue weighted by atomic mass is 16.7. The average molecular weight is 214 g/mol. The second-order valence-electron chi connectivity index (χ2n) is 5.01. The zero-order chi connectivity index (χ0) is 12.3. The number of rotatable bonds is 2. The van der Waals surface area contributed by atoms with Crippen LogP contribution in [0.3, 0.4) is 0 Å². The van der Waals surface area contributed by atoms with Crippen LogP contribution >= 0.6 is 0 Å². The van der Waals surface area contributed by atoms with Crippen LogP contribution in [-0.4, -0.2) is 18.3 Å². The van der Waals surface area contributed by atoms with Crippen molar-refractivity contribution in [2.45, 2.75) is 78.8 Å². The second-order valence-corrected chi connectivity index (χ2v) is 5.01. The minimum atomic E-state index is -0.179. The van der Waals surface area contributed by atoms with Crippen molar-refractivity contribution < 1.29 is 9.31 Å². The summed E-state index contributed by atoms with van der Waals surface area (Å²) in [5.74, 6) is 0.473. The van der Waals surface area contributed by atoms with Crippen LogP contribution in [0.2, 0.25) is 5.82 Å². The summed E-state index contributed by atoms with van der Waals surface area (Å²) in [6.07, 6.45) is 1.09. The summed E-state index contributed by atoms with van der Waals surface area (Å²) in [6, 6.07) is 0. The molecule has 1 aliphatic heterocycles. The van der Waals surface area contributed by atoms with E-state index >= 15 is 0 Å². The van der Waals surface area contributed by atoms with Crippen LogP contribution in [-0.2, 0) is 9.31 Å². The molecular weight excluding hydrogens is 187 g/mol. The van der Waals surface area contributed by atoms with Crippen LogP contribution in [0.25, 0.3) is 0 Å². The smallest absolute Gasteiger partial charge is 0.403 e. The molecule has 0 bridgehead atoms. The van der Waals surface area contributed by atoms with Crippen molar-refractivity contribution in [2.24, 2.45) is 0 Å². The lowest BCUT2D eigenvalue weighted by Crippen LogP contribution is -2.41. The van der Waals surface area contributed by atoms with Gasteiger partial charge >= 0.3 is 7.12 Å². The van der Waals surface area contributed by atoms with Gasteiger partial charge in [0.1, 0.15) is 0 Å². The van der Waals surface area contributed by atoms with Crippen LogP contribution in [0.5, 0.6) is 0 Å². The van der Waals surface area contributed by atoms with Gasteiger partial charge in [-0.25, -0.2) is 0 Å². The monoisotopic (exact) mass is 214 g/mol. The highest BCUT2D eigenvalue weighted by Gasteiger charge is 2.52. The Kier molecular flexibility index (Phi) is 5.35. The fraction of sp³-hybridized carbons (Fsp3) is 1.00. The van der Waals surface area contributed by atoms with Crippen molar-refractivity contribution in [1.29, 1.82) is 0 Å². The summed E-state index contributed by atoms with van der Waals surface area (Å²) < 4.78 is 11.8. The summed E-state index contributed by atoms with van der Waals surface area (Å²) in [6.45, 7) is 16.7. The summed E-state index contributed by atoms with van der Waals surface area (Å²) in [4.78, 5) is 0. The molecular formula is C12H27BO2. The van der Waals surface area contributed by atoms with Crippen LogP contribution in [0.1, 0.15) is 61.8 Å². The SMILES string of the molecule is CC.CCC(C)B1OC(C)(C)C(C)(C)O1. The fourth-order valence-corrected chi connectivity index (χ4v) is 1.31. The molecule has 0 aromatic heterocycles. The second kappa shape index (κ2) is 5.35. The molecule has 2 nitrogen and oxygen atoms in total. The summed E-state index contributed by atoms with van der Waals surface area (Å²) >= 11 is 0. The van der Waals surface area contributed by atoms with Crippen LogP contribution < -0.4 is 0 Å². The third-order valence-electron chi connectivity index (χ3n) is 3.38. The first kappa shape index (κ1) is 15.0. The molecule has 15 heavy (non-hydrogen) atoms. The molecule has 90 valence electrons. The Morgan fingerprint density at radius 3 is 1.60 bits per heavy atom. The molecule has 0 spiro atoms. The Labute approximate surface area is 95.9 Å². The molecule has 0 amide bonds. The van der Waals surface area contributed by atoms with E-state index in [9.17, 15) is 0 Å². The van der Waals surface area contributed by atoms with Crippen molar-refractivity contribution in [3.63, 3.8) is 0 Å². The third-order valence-corrected chi connectivity index (χ3v) is 3.38. The molecule has 3 heteroatoms. The standard InChI is InChI=1S/C10H21BO2.C2H6/c1-7-8(2)11-12-9(3,4)10(5,6)13-11;1-2/h8H,7H2,1-6H3;1-2H3. The van der Waals surface area contributed by atoms with Crippen molar-refractivity contribution in [3.05, 3.63) is 0 Å². The molecule has 1 saturated heterocycles. The Morgan fingerprint density at radius 2 is 1.33 bits per heavy atom. The third kappa shape index (κ3) is 3.22. The van der Waals surface area contributed by atoms with E-state index in [1.807, 2.05) is 13.8 Å². The molecule has 1 rings (SSSR count). The van der Waals surface area contributed by atoms with Gasteiger partial charge in [-0.1, -0.05) is 34.1 Å². The van der Waals surface area contributed by atoms with Gasteiger partial charge in [0.15, 0.2) is 0 Å². The lowest BCUT2D eigenvalue weighted by molar-refractivity contribution is 0.00578. The maximum Gasteiger partial charge on any atom is 0.460 e. The van der Waals surface area contributed by atoms with Gasteiger partial charge in [0.2, 0.25) is 0 Å². The van der Waals surface area contributed by atoms with E-state index in [1.165, 1.54) is 0 Å². The maximum absolute atomic E-state index is 5.89. The number of hydrogen-bond donors (Lipinski definition) is 0. The van der Waals surface area contributed by atoms with Gasteiger partial charge < -0.3 is 9.31 Å². The first-order valence-corrected chi connectivity index (χ1v) is 6.16. The molecule has 0 aliphatic carbocycles. The van der Waals surface area contributed by atoms with Gasteiger partial charge in [0.25, 0.3) is 0 Å². The summed E-state index contributed by atoms with van der Waals surface area (Å²) in [5, 5.41) is 0. The molecule has 0 saturated carbocycles. The first-order chi connectivity index (χ1) is 6.80.